The smallest absolute Gasteiger partial charge is 0.0751 e. The van der Waals surface area contributed by atoms with Gasteiger partial charge in [-0.1, -0.05) is 24.3 Å². The molecule has 1 fully saturated rings. The predicted molar refractivity (Wildman–Crippen MR) is 67.0 cm³/mol. The highest BCUT2D eigenvalue weighted by Gasteiger charge is 2.36. The third-order valence-electron chi connectivity index (χ3n) is 3.68. The van der Waals surface area contributed by atoms with Crippen LogP contribution in [0.15, 0.2) is 24.3 Å². The lowest BCUT2D eigenvalue weighted by Gasteiger charge is -2.41. The van der Waals surface area contributed by atoms with Crippen molar-refractivity contribution in [2.24, 2.45) is 0 Å². The zero-order chi connectivity index (χ0) is 10.1. The van der Waals surface area contributed by atoms with E-state index in [2.05, 4.69) is 29.6 Å². The van der Waals surface area contributed by atoms with Gasteiger partial charge in [-0.3, -0.25) is 0 Å². The van der Waals surface area contributed by atoms with Crippen molar-refractivity contribution < 1.29 is 4.74 Å². The van der Waals surface area contributed by atoms with Gasteiger partial charge in [-0.2, -0.15) is 0 Å². The molecule has 2 aliphatic rings. The Morgan fingerprint density at radius 1 is 1.06 bits per heavy atom. The average molecular weight is 240 g/mol. The molecule has 0 aliphatic carbocycles. The normalized spacial score (nSPS) is 22.2. The third-order valence-corrected chi connectivity index (χ3v) is 3.68. The number of hydrogen-bond acceptors (Lipinski definition) is 2. The third kappa shape index (κ3) is 2.10. The molecule has 1 saturated heterocycles. The van der Waals surface area contributed by atoms with Crippen LogP contribution in [-0.4, -0.2) is 18.7 Å². The first kappa shape index (κ1) is 11.9. The summed E-state index contributed by atoms with van der Waals surface area (Å²) in [7, 11) is 0. The van der Waals surface area contributed by atoms with Crippen molar-refractivity contribution in [3.8, 4) is 0 Å². The van der Waals surface area contributed by atoms with Crippen LogP contribution < -0.4 is 5.32 Å². The van der Waals surface area contributed by atoms with E-state index < -0.39 is 0 Å². The monoisotopic (exact) mass is 239 g/mol. The zero-order valence-electron chi connectivity index (χ0n) is 9.37. The number of ether oxygens (including phenoxy) is 1. The fraction of sp³-hybridized carbons (Fsp3) is 0.538. The average Bonchev–Trinajstić information content (AvgIpc) is 2.30. The fourth-order valence-corrected chi connectivity index (χ4v) is 2.70. The van der Waals surface area contributed by atoms with Crippen LogP contribution in [0, 0.1) is 0 Å². The molecule has 1 N–H and O–H groups in total. The summed E-state index contributed by atoms with van der Waals surface area (Å²) in [6.45, 7) is 3.00. The SMILES string of the molecule is Cl.c1ccc2c(c1)COC1(CCNCC1)C2. The molecule has 0 aromatic heterocycles. The molecule has 88 valence electrons. The van der Waals surface area contributed by atoms with E-state index in [1.165, 1.54) is 11.1 Å². The van der Waals surface area contributed by atoms with Gasteiger partial charge in [0, 0.05) is 6.42 Å². The molecule has 0 atom stereocenters. The van der Waals surface area contributed by atoms with Crippen molar-refractivity contribution in [1.29, 1.82) is 0 Å². The van der Waals surface area contributed by atoms with Crippen molar-refractivity contribution in [3.05, 3.63) is 35.4 Å². The highest BCUT2D eigenvalue weighted by atomic mass is 35.5. The van der Waals surface area contributed by atoms with Crippen LogP contribution in [0.25, 0.3) is 0 Å². The van der Waals surface area contributed by atoms with E-state index >= 15 is 0 Å². The van der Waals surface area contributed by atoms with Gasteiger partial charge in [0.25, 0.3) is 0 Å². The minimum Gasteiger partial charge on any atom is -0.370 e. The van der Waals surface area contributed by atoms with Crippen LogP contribution in [0.1, 0.15) is 24.0 Å². The first-order chi connectivity index (χ1) is 7.38. The lowest BCUT2D eigenvalue weighted by molar-refractivity contribution is -0.0855. The van der Waals surface area contributed by atoms with E-state index in [0.29, 0.717) is 0 Å². The highest BCUT2D eigenvalue weighted by Crippen LogP contribution is 2.34. The molecule has 2 heterocycles. The van der Waals surface area contributed by atoms with Crippen molar-refractivity contribution >= 4 is 12.4 Å². The Labute approximate surface area is 103 Å². The Bertz CT molecular complexity index is 361. The second-order valence-electron chi connectivity index (χ2n) is 4.67. The van der Waals surface area contributed by atoms with E-state index in [9.17, 15) is 0 Å². The fourth-order valence-electron chi connectivity index (χ4n) is 2.70. The molecule has 0 unspecified atom stereocenters. The van der Waals surface area contributed by atoms with E-state index in [4.69, 9.17) is 4.74 Å². The second-order valence-corrected chi connectivity index (χ2v) is 4.67. The predicted octanol–water partition coefficient (Wildman–Crippen LogP) is 2.30. The van der Waals surface area contributed by atoms with Crippen LogP contribution in [0.4, 0.5) is 0 Å². The molecule has 1 aromatic carbocycles. The Hall–Kier alpha value is -0.570. The van der Waals surface area contributed by atoms with E-state index in [-0.39, 0.29) is 18.0 Å². The number of fused-ring (bicyclic) bond motifs is 1. The summed E-state index contributed by atoms with van der Waals surface area (Å²) in [4.78, 5) is 0. The van der Waals surface area contributed by atoms with E-state index in [1.807, 2.05) is 0 Å². The summed E-state index contributed by atoms with van der Waals surface area (Å²) in [5.41, 5.74) is 3.01. The van der Waals surface area contributed by atoms with Gasteiger partial charge < -0.3 is 10.1 Å². The molecule has 2 nitrogen and oxygen atoms in total. The largest absolute Gasteiger partial charge is 0.370 e. The summed E-state index contributed by atoms with van der Waals surface area (Å²) in [6.07, 6.45) is 3.41. The van der Waals surface area contributed by atoms with Gasteiger partial charge in [-0.25, -0.2) is 0 Å². The second kappa shape index (κ2) is 4.74. The van der Waals surface area contributed by atoms with Crippen LogP contribution >= 0.6 is 12.4 Å². The number of nitrogens with one attached hydrogen (secondary N) is 1. The molecular weight excluding hydrogens is 222 g/mol. The maximum atomic E-state index is 6.09. The number of halogens is 1. The van der Waals surface area contributed by atoms with Crippen molar-refractivity contribution in [2.45, 2.75) is 31.5 Å². The first-order valence-electron chi connectivity index (χ1n) is 5.80. The lowest BCUT2D eigenvalue weighted by atomic mass is 9.82. The van der Waals surface area contributed by atoms with Crippen molar-refractivity contribution in [3.63, 3.8) is 0 Å². The molecular formula is C13H18ClNO. The summed E-state index contributed by atoms with van der Waals surface area (Å²) in [5, 5.41) is 3.40. The van der Waals surface area contributed by atoms with Crippen molar-refractivity contribution in [1.82, 2.24) is 5.32 Å². The lowest BCUT2D eigenvalue weighted by Crippen LogP contribution is -2.47. The summed E-state index contributed by atoms with van der Waals surface area (Å²) in [5.74, 6) is 0. The van der Waals surface area contributed by atoms with Crippen LogP contribution in [-0.2, 0) is 17.8 Å². The van der Waals surface area contributed by atoms with Gasteiger partial charge in [0.1, 0.15) is 0 Å². The maximum Gasteiger partial charge on any atom is 0.0751 e. The molecule has 1 spiro atoms. The molecule has 3 rings (SSSR count). The Morgan fingerprint density at radius 2 is 1.75 bits per heavy atom. The maximum absolute atomic E-state index is 6.09. The Balaban J connectivity index is 0.000000963. The Morgan fingerprint density at radius 3 is 2.50 bits per heavy atom. The Kier molecular flexibility index (Phi) is 3.53. The van der Waals surface area contributed by atoms with Gasteiger partial charge in [-0.15, -0.1) is 12.4 Å². The molecule has 3 heteroatoms. The molecule has 0 bridgehead atoms. The quantitative estimate of drug-likeness (QED) is 0.750. The van der Waals surface area contributed by atoms with Crippen LogP contribution in [0.2, 0.25) is 0 Å². The summed E-state index contributed by atoms with van der Waals surface area (Å²) < 4.78 is 6.09. The van der Waals surface area contributed by atoms with Gasteiger partial charge >= 0.3 is 0 Å². The molecule has 0 radical (unpaired) electrons. The molecule has 2 aliphatic heterocycles. The minimum atomic E-state index is 0. The van der Waals surface area contributed by atoms with E-state index in [1.54, 1.807) is 0 Å². The van der Waals surface area contributed by atoms with Crippen LogP contribution in [0.3, 0.4) is 0 Å². The summed E-state index contributed by atoms with van der Waals surface area (Å²) in [6, 6.07) is 8.67. The summed E-state index contributed by atoms with van der Waals surface area (Å²) >= 11 is 0. The van der Waals surface area contributed by atoms with Gasteiger partial charge in [0.05, 0.1) is 12.2 Å². The topological polar surface area (TPSA) is 21.3 Å². The molecule has 1 aromatic rings. The van der Waals surface area contributed by atoms with Crippen LogP contribution in [0.5, 0.6) is 0 Å². The standard InChI is InChI=1S/C13H17NO.ClH/c1-2-4-12-10-15-13(9-11(12)3-1)5-7-14-8-6-13;/h1-4,14H,5-10H2;1H. The number of piperidine rings is 1. The number of hydrogen-bond donors (Lipinski definition) is 1. The number of rotatable bonds is 0. The van der Waals surface area contributed by atoms with E-state index in [0.717, 1.165) is 39.0 Å². The number of benzene rings is 1. The highest BCUT2D eigenvalue weighted by molar-refractivity contribution is 5.85. The van der Waals surface area contributed by atoms with Gasteiger partial charge in [-0.05, 0) is 37.1 Å². The van der Waals surface area contributed by atoms with Gasteiger partial charge in [0.15, 0.2) is 0 Å². The zero-order valence-corrected chi connectivity index (χ0v) is 10.2. The molecule has 0 saturated carbocycles. The minimum absolute atomic E-state index is 0. The van der Waals surface area contributed by atoms with Gasteiger partial charge in [0.2, 0.25) is 0 Å². The molecule has 16 heavy (non-hydrogen) atoms. The van der Waals surface area contributed by atoms with Crippen molar-refractivity contribution in [2.75, 3.05) is 13.1 Å². The molecule has 0 amide bonds. The first-order valence-corrected chi connectivity index (χ1v) is 5.80.